The molecule has 1 aliphatic rings. The van der Waals surface area contributed by atoms with E-state index in [-0.39, 0.29) is 11.8 Å². The number of nitrogens with zero attached hydrogens (tertiary/aromatic N) is 3. The molecule has 2 heterocycles. The number of fused-ring (bicyclic) bond motifs is 1. The van der Waals surface area contributed by atoms with Crippen molar-refractivity contribution in [1.29, 1.82) is 0 Å². The standard InChI is InChI=1S/C21H28N4O2/c1-4-5-13-24(3)21(27)18-17-8-6-7-14-25(17)19(23-18)20(26)22-16-11-9-15(2)10-12-16/h9-12H,4-8,13-14H2,1-3H3,(H,22,26). The van der Waals surface area contributed by atoms with E-state index >= 15 is 0 Å². The van der Waals surface area contributed by atoms with Crippen molar-refractivity contribution < 1.29 is 9.59 Å². The highest BCUT2D eigenvalue weighted by Crippen LogP contribution is 2.23. The lowest BCUT2D eigenvalue weighted by molar-refractivity contribution is 0.0786. The predicted octanol–water partition coefficient (Wildman–Crippen LogP) is 3.65. The maximum absolute atomic E-state index is 12.9. The van der Waals surface area contributed by atoms with E-state index in [0.717, 1.165) is 55.6 Å². The summed E-state index contributed by atoms with van der Waals surface area (Å²) in [7, 11) is 1.80. The number of rotatable bonds is 6. The van der Waals surface area contributed by atoms with Gasteiger partial charge in [-0.15, -0.1) is 0 Å². The molecule has 0 unspecified atom stereocenters. The molecule has 1 N–H and O–H groups in total. The van der Waals surface area contributed by atoms with E-state index in [2.05, 4.69) is 17.2 Å². The molecule has 6 heteroatoms. The molecular formula is C21H28N4O2. The van der Waals surface area contributed by atoms with Crippen LogP contribution in [-0.4, -0.2) is 39.9 Å². The lowest BCUT2D eigenvalue weighted by atomic mass is 10.1. The first-order valence-corrected chi connectivity index (χ1v) is 9.74. The number of unbranched alkanes of at least 4 members (excludes halogenated alkanes) is 1. The molecule has 0 radical (unpaired) electrons. The van der Waals surface area contributed by atoms with Gasteiger partial charge in [0.15, 0.2) is 5.82 Å². The number of nitrogens with one attached hydrogen (secondary N) is 1. The van der Waals surface area contributed by atoms with E-state index in [1.165, 1.54) is 0 Å². The second kappa shape index (κ2) is 8.37. The number of hydrogen-bond acceptors (Lipinski definition) is 3. The zero-order chi connectivity index (χ0) is 19.4. The van der Waals surface area contributed by atoms with Gasteiger partial charge in [-0.1, -0.05) is 31.0 Å². The maximum Gasteiger partial charge on any atom is 0.291 e. The van der Waals surface area contributed by atoms with Crippen LogP contribution in [0.5, 0.6) is 0 Å². The van der Waals surface area contributed by atoms with E-state index in [1.54, 1.807) is 11.9 Å². The summed E-state index contributed by atoms with van der Waals surface area (Å²) in [4.78, 5) is 31.9. The highest BCUT2D eigenvalue weighted by molar-refractivity contribution is 6.03. The van der Waals surface area contributed by atoms with Crippen LogP contribution in [0.4, 0.5) is 5.69 Å². The van der Waals surface area contributed by atoms with Crippen LogP contribution in [0.2, 0.25) is 0 Å². The fourth-order valence-electron chi connectivity index (χ4n) is 3.39. The summed E-state index contributed by atoms with van der Waals surface area (Å²) in [5, 5.41) is 2.90. The van der Waals surface area contributed by atoms with Gasteiger partial charge in [0.25, 0.3) is 11.8 Å². The van der Waals surface area contributed by atoms with Crippen molar-refractivity contribution in [3.05, 3.63) is 47.0 Å². The van der Waals surface area contributed by atoms with Gasteiger partial charge in [-0.05, 0) is 44.7 Å². The minimum atomic E-state index is -0.266. The number of benzene rings is 1. The molecule has 3 rings (SSSR count). The van der Waals surface area contributed by atoms with Crippen molar-refractivity contribution >= 4 is 17.5 Å². The highest BCUT2D eigenvalue weighted by Gasteiger charge is 2.28. The third-order valence-corrected chi connectivity index (χ3v) is 5.03. The average Bonchev–Trinajstić information content (AvgIpc) is 3.07. The van der Waals surface area contributed by atoms with Crippen LogP contribution < -0.4 is 5.32 Å². The van der Waals surface area contributed by atoms with Crippen LogP contribution in [0.1, 0.15) is 65.0 Å². The first-order chi connectivity index (χ1) is 13.0. The van der Waals surface area contributed by atoms with Crippen LogP contribution in [0.15, 0.2) is 24.3 Å². The summed E-state index contributed by atoms with van der Waals surface area (Å²) in [5.74, 6) is -0.0294. The smallest absolute Gasteiger partial charge is 0.291 e. The molecule has 6 nitrogen and oxygen atoms in total. The van der Waals surface area contributed by atoms with Gasteiger partial charge in [0.2, 0.25) is 0 Å². The molecule has 1 aromatic heterocycles. The molecule has 27 heavy (non-hydrogen) atoms. The van der Waals surface area contributed by atoms with Crippen molar-refractivity contribution in [2.24, 2.45) is 0 Å². The molecule has 0 saturated carbocycles. The van der Waals surface area contributed by atoms with Crippen molar-refractivity contribution in [2.45, 2.75) is 52.5 Å². The molecule has 1 aliphatic heterocycles. The number of anilines is 1. The van der Waals surface area contributed by atoms with Gasteiger partial charge in [0, 0.05) is 25.8 Å². The Labute approximate surface area is 160 Å². The predicted molar refractivity (Wildman–Crippen MR) is 106 cm³/mol. The Balaban J connectivity index is 1.87. The van der Waals surface area contributed by atoms with Crippen molar-refractivity contribution in [1.82, 2.24) is 14.5 Å². The summed E-state index contributed by atoms with van der Waals surface area (Å²) in [6.45, 7) is 5.53. The van der Waals surface area contributed by atoms with Crippen molar-refractivity contribution in [3.8, 4) is 0 Å². The minimum absolute atomic E-state index is 0.0940. The van der Waals surface area contributed by atoms with Gasteiger partial charge in [-0.3, -0.25) is 9.59 Å². The number of carbonyl (C=O) groups excluding carboxylic acids is 2. The summed E-state index contributed by atoms with van der Waals surface area (Å²) in [5.41, 5.74) is 3.19. The van der Waals surface area contributed by atoms with Gasteiger partial charge in [0.05, 0.1) is 5.69 Å². The molecule has 2 aromatic rings. The van der Waals surface area contributed by atoms with E-state index < -0.39 is 0 Å². The summed E-state index contributed by atoms with van der Waals surface area (Å²) in [6, 6.07) is 7.65. The Hall–Kier alpha value is -2.63. The molecule has 144 valence electrons. The molecule has 0 bridgehead atoms. The first-order valence-electron chi connectivity index (χ1n) is 9.74. The number of imidazole rings is 1. The third-order valence-electron chi connectivity index (χ3n) is 5.03. The molecular weight excluding hydrogens is 340 g/mol. The molecule has 1 aromatic carbocycles. The summed E-state index contributed by atoms with van der Waals surface area (Å²) >= 11 is 0. The molecule has 0 atom stereocenters. The monoisotopic (exact) mass is 368 g/mol. The largest absolute Gasteiger partial charge is 0.340 e. The average molecular weight is 368 g/mol. The quantitative estimate of drug-likeness (QED) is 0.846. The fourth-order valence-corrected chi connectivity index (χ4v) is 3.39. The van der Waals surface area contributed by atoms with E-state index in [4.69, 9.17) is 0 Å². The minimum Gasteiger partial charge on any atom is -0.340 e. The fraction of sp³-hybridized carbons (Fsp3) is 0.476. The Bertz CT molecular complexity index is 823. The number of aryl methyl sites for hydroxylation is 1. The van der Waals surface area contributed by atoms with E-state index in [9.17, 15) is 9.59 Å². The summed E-state index contributed by atoms with van der Waals surface area (Å²) < 4.78 is 1.92. The number of carbonyl (C=O) groups is 2. The Morgan fingerprint density at radius 3 is 2.67 bits per heavy atom. The molecule has 0 saturated heterocycles. The second-order valence-corrected chi connectivity index (χ2v) is 7.24. The highest BCUT2D eigenvalue weighted by atomic mass is 16.2. The third kappa shape index (κ3) is 4.21. The molecule has 0 aliphatic carbocycles. The van der Waals surface area contributed by atoms with Crippen molar-refractivity contribution in [2.75, 3.05) is 18.9 Å². The van der Waals surface area contributed by atoms with Crippen LogP contribution in [0.3, 0.4) is 0 Å². The zero-order valence-corrected chi connectivity index (χ0v) is 16.4. The summed E-state index contributed by atoms with van der Waals surface area (Å²) in [6.07, 6.45) is 4.78. The Morgan fingerprint density at radius 1 is 1.22 bits per heavy atom. The van der Waals surface area contributed by atoms with Gasteiger partial charge >= 0.3 is 0 Å². The number of amides is 2. The van der Waals surface area contributed by atoms with Crippen LogP contribution >= 0.6 is 0 Å². The number of hydrogen-bond donors (Lipinski definition) is 1. The van der Waals surface area contributed by atoms with Crippen molar-refractivity contribution in [3.63, 3.8) is 0 Å². The van der Waals surface area contributed by atoms with Gasteiger partial charge < -0.3 is 14.8 Å². The van der Waals surface area contributed by atoms with Crippen LogP contribution in [-0.2, 0) is 13.0 Å². The second-order valence-electron chi connectivity index (χ2n) is 7.24. The van der Waals surface area contributed by atoms with E-state index in [1.807, 2.05) is 35.8 Å². The topological polar surface area (TPSA) is 67.2 Å². The first kappa shape index (κ1) is 19.1. The molecule has 2 amide bonds. The molecule has 0 spiro atoms. The lowest BCUT2D eigenvalue weighted by Gasteiger charge is -2.19. The van der Waals surface area contributed by atoms with Gasteiger partial charge in [0.1, 0.15) is 5.69 Å². The van der Waals surface area contributed by atoms with Crippen LogP contribution in [0.25, 0.3) is 0 Å². The van der Waals surface area contributed by atoms with Gasteiger partial charge in [-0.2, -0.15) is 0 Å². The lowest BCUT2D eigenvalue weighted by Crippen LogP contribution is -2.29. The molecule has 0 fully saturated rings. The number of aromatic nitrogens is 2. The Morgan fingerprint density at radius 2 is 1.96 bits per heavy atom. The van der Waals surface area contributed by atoms with Gasteiger partial charge in [-0.25, -0.2) is 4.98 Å². The maximum atomic E-state index is 12.9. The normalized spacial score (nSPS) is 13.1. The zero-order valence-electron chi connectivity index (χ0n) is 16.4. The SMILES string of the molecule is CCCCN(C)C(=O)c1nc(C(=O)Nc2ccc(C)cc2)n2c1CCCC2. The Kier molecular flexibility index (Phi) is 5.94. The van der Waals surface area contributed by atoms with E-state index in [0.29, 0.717) is 18.1 Å². The van der Waals surface area contributed by atoms with Crippen LogP contribution in [0, 0.1) is 6.92 Å².